The summed E-state index contributed by atoms with van der Waals surface area (Å²) in [5, 5.41) is 4.45. The van der Waals surface area contributed by atoms with E-state index in [2.05, 4.69) is 15.7 Å². The maximum atomic E-state index is 13.1. The maximum Gasteiger partial charge on any atom is 0.277 e. The summed E-state index contributed by atoms with van der Waals surface area (Å²) in [7, 11) is 0. The van der Waals surface area contributed by atoms with E-state index in [0.717, 1.165) is 23.1 Å². The van der Waals surface area contributed by atoms with Crippen LogP contribution in [0, 0.1) is 23.2 Å². The Balaban J connectivity index is 1.23. The lowest BCUT2D eigenvalue weighted by molar-refractivity contribution is -0.124. The Morgan fingerprint density at radius 1 is 0.969 bits per heavy atom. The quantitative estimate of drug-likeness (QED) is 0.611. The zero-order chi connectivity index (χ0) is 21.7. The van der Waals surface area contributed by atoms with E-state index in [0.29, 0.717) is 23.3 Å². The first-order chi connectivity index (χ1) is 15.6. The van der Waals surface area contributed by atoms with Gasteiger partial charge in [-0.2, -0.15) is 0 Å². The maximum absolute atomic E-state index is 13.1. The first-order valence-electron chi connectivity index (χ1n) is 11.7. The highest BCUT2D eigenvalue weighted by Crippen LogP contribution is 2.61. The van der Waals surface area contributed by atoms with Gasteiger partial charge in [0.1, 0.15) is 5.82 Å². The van der Waals surface area contributed by atoms with Crippen LogP contribution in [0.3, 0.4) is 0 Å². The second kappa shape index (κ2) is 7.47. The molecule has 2 heterocycles. The average Bonchev–Trinajstić information content (AvgIpc) is 2.75. The van der Waals surface area contributed by atoms with Crippen molar-refractivity contribution in [2.45, 2.75) is 44.9 Å². The molecular weight excluding hydrogens is 400 g/mol. The van der Waals surface area contributed by atoms with E-state index in [1.807, 2.05) is 30.3 Å². The molecule has 4 saturated carbocycles. The lowest BCUT2D eigenvalue weighted by Crippen LogP contribution is -2.47. The summed E-state index contributed by atoms with van der Waals surface area (Å²) < 4.78 is 1.42. The molecule has 0 unspecified atom stereocenters. The van der Waals surface area contributed by atoms with Crippen LogP contribution in [0.4, 0.5) is 11.5 Å². The molecule has 4 bridgehead atoms. The monoisotopic (exact) mass is 428 g/mol. The van der Waals surface area contributed by atoms with E-state index < -0.39 is 0 Å². The molecule has 3 aromatic rings. The molecule has 2 aromatic heterocycles. The predicted octanol–water partition coefficient (Wildman–Crippen LogP) is 4.82. The van der Waals surface area contributed by atoms with Crippen LogP contribution in [0.1, 0.15) is 44.9 Å². The van der Waals surface area contributed by atoms with Gasteiger partial charge in [-0.15, -0.1) is 0 Å². The number of anilines is 2. The van der Waals surface area contributed by atoms with Crippen molar-refractivity contribution in [3.8, 4) is 0 Å². The Labute approximate surface area is 187 Å². The number of hydrogen-bond donors (Lipinski definition) is 2. The van der Waals surface area contributed by atoms with Crippen LogP contribution in [0.2, 0.25) is 0 Å². The summed E-state index contributed by atoms with van der Waals surface area (Å²) in [6, 6.07) is 12.9. The number of hydrogen-bond acceptors (Lipinski definition) is 4. The Morgan fingerprint density at radius 3 is 2.41 bits per heavy atom. The van der Waals surface area contributed by atoms with Crippen LogP contribution in [0.15, 0.2) is 59.7 Å². The van der Waals surface area contributed by atoms with Crippen LogP contribution in [-0.4, -0.2) is 15.6 Å². The molecule has 2 N–H and O–H groups in total. The van der Waals surface area contributed by atoms with Gasteiger partial charge < -0.3 is 5.32 Å². The van der Waals surface area contributed by atoms with Crippen LogP contribution in [0.25, 0.3) is 10.8 Å². The largest absolute Gasteiger partial charge is 0.325 e. The average molecular weight is 429 g/mol. The number of fused-ring (bicyclic) bond motifs is 1. The van der Waals surface area contributed by atoms with Gasteiger partial charge in [-0.05, 0) is 92.0 Å². The van der Waals surface area contributed by atoms with Crippen molar-refractivity contribution in [2.75, 3.05) is 10.7 Å². The molecule has 0 aliphatic heterocycles. The first kappa shape index (κ1) is 19.5. The molecule has 7 rings (SSSR count). The third-order valence-corrected chi connectivity index (χ3v) is 7.82. The standard InChI is InChI=1S/C26H28N4O2/c31-24(16-26-13-17-10-18(14-26)12-19(11-17)15-26)28-22-5-3-4-21-20(22)7-9-30(25(21)32)29-23-6-1-2-8-27-23/h1-9,17-19H,10-16H2,(H,27,29)(H,28,31). The van der Waals surface area contributed by atoms with Gasteiger partial charge in [0.25, 0.3) is 5.56 Å². The van der Waals surface area contributed by atoms with Gasteiger partial charge in [0.2, 0.25) is 5.91 Å². The number of nitrogens with one attached hydrogen (secondary N) is 2. The van der Waals surface area contributed by atoms with E-state index in [9.17, 15) is 9.59 Å². The molecule has 0 radical (unpaired) electrons. The van der Waals surface area contributed by atoms with Crippen LogP contribution < -0.4 is 16.3 Å². The summed E-state index contributed by atoms with van der Waals surface area (Å²) >= 11 is 0. The fourth-order valence-corrected chi connectivity index (χ4v) is 7.07. The number of carbonyl (C=O) groups is 1. The molecule has 0 spiro atoms. The Hall–Kier alpha value is -3.15. The number of aromatic nitrogens is 2. The van der Waals surface area contributed by atoms with Crippen molar-refractivity contribution in [3.63, 3.8) is 0 Å². The molecule has 4 fully saturated rings. The molecule has 4 aliphatic carbocycles. The van der Waals surface area contributed by atoms with Crippen molar-refractivity contribution in [1.29, 1.82) is 0 Å². The highest BCUT2D eigenvalue weighted by Gasteiger charge is 2.51. The minimum absolute atomic E-state index is 0.0789. The summed E-state index contributed by atoms with van der Waals surface area (Å²) in [4.78, 5) is 30.4. The van der Waals surface area contributed by atoms with Gasteiger partial charge in [0, 0.05) is 29.9 Å². The Bertz CT molecular complexity index is 1200. The second-order valence-corrected chi connectivity index (χ2v) is 10.2. The minimum Gasteiger partial charge on any atom is -0.325 e. The molecule has 6 nitrogen and oxygen atoms in total. The number of rotatable bonds is 5. The summed E-state index contributed by atoms with van der Waals surface area (Å²) in [6.07, 6.45) is 11.7. The fourth-order valence-electron chi connectivity index (χ4n) is 7.07. The highest BCUT2D eigenvalue weighted by atomic mass is 16.1. The molecule has 6 heteroatoms. The molecule has 4 aliphatic rings. The molecule has 1 aromatic carbocycles. The third-order valence-electron chi connectivity index (χ3n) is 7.82. The van der Waals surface area contributed by atoms with E-state index in [4.69, 9.17) is 0 Å². The van der Waals surface area contributed by atoms with Crippen LogP contribution in [0.5, 0.6) is 0 Å². The number of carbonyl (C=O) groups excluding carboxylic acids is 1. The van der Waals surface area contributed by atoms with Crippen molar-refractivity contribution in [1.82, 2.24) is 9.66 Å². The lowest BCUT2D eigenvalue weighted by atomic mass is 9.49. The summed E-state index contributed by atoms with van der Waals surface area (Å²) in [6.45, 7) is 0. The number of benzene rings is 1. The van der Waals surface area contributed by atoms with Gasteiger partial charge >= 0.3 is 0 Å². The molecule has 32 heavy (non-hydrogen) atoms. The van der Waals surface area contributed by atoms with E-state index in [1.165, 1.54) is 43.2 Å². The van der Waals surface area contributed by atoms with E-state index >= 15 is 0 Å². The molecule has 0 saturated heterocycles. The highest BCUT2D eigenvalue weighted by molar-refractivity contribution is 6.02. The molecule has 1 amide bonds. The number of pyridine rings is 2. The normalized spacial score (nSPS) is 28.1. The van der Waals surface area contributed by atoms with Gasteiger partial charge in [0.15, 0.2) is 0 Å². The van der Waals surface area contributed by atoms with Gasteiger partial charge in [-0.3, -0.25) is 15.0 Å². The van der Waals surface area contributed by atoms with Gasteiger partial charge in [-0.1, -0.05) is 12.1 Å². The topological polar surface area (TPSA) is 76.0 Å². The van der Waals surface area contributed by atoms with Crippen molar-refractivity contribution in [2.24, 2.45) is 23.2 Å². The van der Waals surface area contributed by atoms with Crippen LogP contribution in [-0.2, 0) is 4.79 Å². The predicted molar refractivity (Wildman–Crippen MR) is 125 cm³/mol. The molecule has 0 atom stereocenters. The second-order valence-electron chi connectivity index (χ2n) is 10.2. The third kappa shape index (κ3) is 3.48. The summed E-state index contributed by atoms with van der Waals surface area (Å²) in [5.74, 6) is 3.16. The SMILES string of the molecule is O=C(CC12CC3CC(CC(C3)C1)C2)Nc1cccc2c(=O)n(Nc3ccccn3)ccc12. The minimum atomic E-state index is -0.176. The summed E-state index contributed by atoms with van der Waals surface area (Å²) in [5.41, 5.74) is 3.75. The van der Waals surface area contributed by atoms with Crippen LogP contribution >= 0.6 is 0 Å². The fraction of sp³-hybridized carbons (Fsp3) is 0.423. The zero-order valence-electron chi connectivity index (χ0n) is 18.1. The van der Waals surface area contributed by atoms with Crippen molar-refractivity contribution in [3.05, 3.63) is 65.2 Å². The molecular formula is C26H28N4O2. The zero-order valence-corrected chi connectivity index (χ0v) is 18.1. The van der Waals surface area contributed by atoms with E-state index in [1.54, 1.807) is 24.5 Å². The Kier molecular flexibility index (Phi) is 4.56. The van der Waals surface area contributed by atoms with Gasteiger partial charge in [-0.25, -0.2) is 9.66 Å². The Morgan fingerprint density at radius 2 is 1.72 bits per heavy atom. The number of nitrogens with zero attached hydrogens (tertiary/aromatic N) is 2. The number of amides is 1. The van der Waals surface area contributed by atoms with Crippen molar-refractivity contribution < 1.29 is 4.79 Å². The molecule has 164 valence electrons. The smallest absolute Gasteiger partial charge is 0.277 e. The lowest BCUT2D eigenvalue weighted by Gasteiger charge is -2.56. The first-order valence-corrected chi connectivity index (χ1v) is 11.7. The van der Waals surface area contributed by atoms with Crippen molar-refractivity contribution >= 4 is 28.2 Å². The van der Waals surface area contributed by atoms with Gasteiger partial charge in [0.05, 0.1) is 5.39 Å². The van der Waals surface area contributed by atoms with E-state index in [-0.39, 0.29) is 16.9 Å².